The molecule has 0 spiro atoms. The minimum Gasteiger partial charge on any atom is -0.481 e. The molecular weight excluding hydrogens is 252 g/mol. The van der Waals surface area contributed by atoms with E-state index >= 15 is 0 Å². The van der Waals surface area contributed by atoms with E-state index in [1.807, 2.05) is 12.1 Å². The number of carboxylic acids is 1. The Morgan fingerprint density at radius 2 is 2.11 bits per heavy atom. The van der Waals surface area contributed by atoms with Crippen LogP contribution in [0.25, 0.3) is 0 Å². The molecule has 3 rings (SSSR count). The van der Waals surface area contributed by atoms with Crippen molar-refractivity contribution in [2.75, 3.05) is 0 Å². The molecule has 1 aromatic carbocycles. The number of rotatable bonds is 3. The van der Waals surface area contributed by atoms with Crippen LogP contribution in [0.1, 0.15) is 24.8 Å². The number of hydrogen-bond acceptors (Lipinski definition) is 2. The second-order valence-electron chi connectivity index (χ2n) is 5.29. The topological polar surface area (TPSA) is 46.5 Å². The highest BCUT2D eigenvalue weighted by Gasteiger charge is 2.57. The smallest absolute Gasteiger partial charge is 0.312 e. The summed E-state index contributed by atoms with van der Waals surface area (Å²) in [6.45, 7) is 0. The fourth-order valence-electron chi connectivity index (χ4n) is 3.25. The molecular formula is C14H15ClO3. The van der Waals surface area contributed by atoms with E-state index < -0.39 is 11.4 Å². The first-order valence-corrected chi connectivity index (χ1v) is 6.61. The number of fused-ring (bicyclic) bond motifs is 2. The second-order valence-corrected chi connectivity index (χ2v) is 5.73. The fourth-order valence-corrected chi connectivity index (χ4v) is 3.38. The Morgan fingerprint density at radius 3 is 2.61 bits per heavy atom. The lowest BCUT2D eigenvalue weighted by Gasteiger charge is -2.31. The molecule has 0 radical (unpaired) electrons. The molecule has 0 saturated carbocycles. The van der Waals surface area contributed by atoms with Crippen LogP contribution >= 0.6 is 11.6 Å². The normalized spacial score (nSPS) is 33.8. The number of ether oxygens (including phenoxy) is 1. The van der Waals surface area contributed by atoms with Crippen LogP contribution in [-0.2, 0) is 16.0 Å². The van der Waals surface area contributed by atoms with Crippen LogP contribution in [0.5, 0.6) is 0 Å². The van der Waals surface area contributed by atoms with Crippen molar-refractivity contribution in [1.29, 1.82) is 0 Å². The van der Waals surface area contributed by atoms with Gasteiger partial charge in [-0.05, 0) is 43.4 Å². The van der Waals surface area contributed by atoms with Crippen molar-refractivity contribution in [2.24, 2.45) is 5.41 Å². The van der Waals surface area contributed by atoms with Crippen LogP contribution in [0.15, 0.2) is 24.3 Å². The summed E-state index contributed by atoms with van der Waals surface area (Å²) >= 11 is 5.85. The number of aliphatic carboxylic acids is 1. The van der Waals surface area contributed by atoms with Gasteiger partial charge in [0.2, 0.25) is 0 Å². The molecule has 4 heteroatoms. The zero-order valence-electron chi connectivity index (χ0n) is 9.93. The van der Waals surface area contributed by atoms with Crippen molar-refractivity contribution in [3.63, 3.8) is 0 Å². The SMILES string of the molecule is O=C(O)C1(Cc2ccc(Cl)cc2)CC2CCC1O2. The molecule has 2 aliphatic heterocycles. The maximum Gasteiger partial charge on any atom is 0.312 e. The molecule has 2 bridgehead atoms. The third-order valence-electron chi connectivity index (χ3n) is 4.17. The minimum absolute atomic E-state index is 0.129. The molecule has 3 unspecified atom stereocenters. The van der Waals surface area contributed by atoms with E-state index in [0.717, 1.165) is 18.4 Å². The van der Waals surface area contributed by atoms with Gasteiger partial charge in [-0.25, -0.2) is 0 Å². The maximum atomic E-state index is 11.7. The molecule has 2 fully saturated rings. The van der Waals surface area contributed by atoms with Crippen molar-refractivity contribution >= 4 is 17.6 Å². The highest BCUT2D eigenvalue weighted by molar-refractivity contribution is 6.30. The fraction of sp³-hybridized carbons (Fsp3) is 0.500. The Balaban J connectivity index is 1.88. The highest BCUT2D eigenvalue weighted by Crippen LogP contribution is 2.49. The van der Waals surface area contributed by atoms with Crippen molar-refractivity contribution < 1.29 is 14.6 Å². The maximum absolute atomic E-state index is 11.7. The Hall–Kier alpha value is -1.06. The molecule has 2 saturated heterocycles. The Bertz CT molecular complexity index is 470. The summed E-state index contributed by atoms with van der Waals surface area (Å²) in [7, 11) is 0. The molecule has 18 heavy (non-hydrogen) atoms. The number of hydrogen-bond donors (Lipinski definition) is 1. The molecule has 1 aromatic rings. The van der Waals surface area contributed by atoms with Gasteiger partial charge in [0.25, 0.3) is 0 Å². The molecule has 0 aromatic heterocycles. The van der Waals surface area contributed by atoms with Gasteiger partial charge in [0, 0.05) is 5.02 Å². The van der Waals surface area contributed by atoms with Crippen molar-refractivity contribution in [1.82, 2.24) is 0 Å². The van der Waals surface area contributed by atoms with Crippen LogP contribution in [0, 0.1) is 5.41 Å². The molecule has 2 heterocycles. The molecule has 2 aliphatic rings. The lowest BCUT2D eigenvalue weighted by molar-refractivity contribution is -0.152. The van der Waals surface area contributed by atoms with Crippen molar-refractivity contribution in [2.45, 2.75) is 37.9 Å². The van der Waals surface area contributed by atoms with E-state index in [1.165, 1.54) is 0 Å². The first kappa shape index (κ1) is 12.0. The zero-order chi connectivity index (χ0) is 12.8. The average molecular weight is 267 g/mol. The lowest BCUT2D eigenvalue weighted by atomic mass is 9.70. The van der Waals surface area contributed by atoms with Crippen LogP contribution in [-0.4, -0.2) is 23.3 Å². The van der Waals surface area contributed by atoms with E-state index in [0.29, 0.717) is 17.9 Å². The summed E-state index contributed by atoms with van der Waals surface area (Å²) in [6, 6.07) is 7.42. The summed E-state index contributed by atoms with van der Waals surface area (Å²) in [4.78, 5) is 11.7. The summed E-state index contributed by atoms with van der Waals surface area (Å²) in [5, 5.41) is 10.3. The van der Waals surface area contributed by atoms with Gasteiger partial charge in [0.15, 0.2) is 0 Å². The number of carbonyl (C=O) groups is 1. The van der Waals surface area contributed by atoms with E-state index in [-0.39, 0.29) is 12.2 Å². The lowest BCUT2D eigenvalue weighted by Crippen LogP contribution is -2.42. The minimum atomic E-state index is -0.739. The van der Waals surface area contributed by atoms with E-state index in [1.54, 1.807) is 12.1 Å². The van der Waals surface area contributed by atoms with Gasteiger partial charge in [-0.2, -0.15) is 0 Å². The van der Waals surface area contributed by atoms with Gasteiger partial charge in [-0.15, -0.1) is 0 Å². The molecule has 0 aliphatic carbocycles. The Morgan fingerprint density at radius 1 is 1.39 bits per heavy atom. The predicted octanol–water partition coefficient (Wildman–Crippen LogP) is 2.90. The van der Waals surface area contributed by atoms with Gasteiger partial charge in [0.05, 0.1) is 12.2 Å². The van der Waals surface area contributed by atoms with Crippen LogP contribution in [0.4, 0.5) is 0 Å². The highest BCUT2D eigenvalue weighted by atomic mass is 35.5. The second kappa shape index (κ2) is 4.25. The molecule has 3 nitrogen and oxygen atoms in total. The quantitative estimate of drug-likeness (QED) is 0.915. The van der Waals surface area contributed by atoms with Crippen LogP contribution in [0.3, 0.4) is 0 Å². The van der Waals surface area contributed by atoms with E-state index in [9.17, 15) is 9.90 Å². The summed E-state index contributed by atoms with van der Waals surface area (Å²) in [6.07, 6.45) is 3.04. The van der Waals surface area contributed by atoms with Gasteiger partial charge >= 0.3 is 5.97 Å². The van der Waals surface area contributed by atoms with Crippen LogP contribution < -0.4 is 0 Å². The van der Waals surface area contributed by atoms with Gasteiger partial charge in [-0.3, -0.25) is 4.79 Å². The molecule has 3 atom stereocenters. The largest absolute Gasteiger partial charge is 0.481 e. The summed E-state index contributed by atoms with van der Waals surface area (Å²) in [5.74, 6) is -0.732. The van der Waals surface area contributed by atoms with Gasteiger partial charge in [0.1, 0.15) is 5.41 Å². The molecule has 0 amide bonds. The molecule has 1 N–H and O–H groups in total. The third kappa shape index (κ3) is 1.82. The molecule has 96 valence electrons. The van der Waals surface area contributed by atoms with Gasteiger partial charge in [-0.1, -0.05) is 23.7 Å². The standard InChI is InChI=1S/C14H15ClO3/c15-10-3-1-9(2-4-10)7-14(13(16)17)8-11-5-6-12(14)18-11/h1-4,11-12H,5-8H2,(H,16,17). The predicted molar refractivity (Wildman–Crippen MR) is 67.7 cm³/mol. The van der Waals surface area contributed by atoms with Crippen LogP contribution in [0.2, 0.25) is 5.02 Å². The van der Waals surface area contributed by atoms with Crippen molar-refractivity contribution in [3.8, 4) is 0 Å². The zero-order valence-corrected chi connectivity index (χ0v) is 10.7. The van der Waals surface area contributed by atoms with Crippen molar-refractivity contribution in [3.05, 3.63) is 34.9 Å². The Kier molecular flexibility index (Phi) is 2.83. The first-order chi connectivity index (χ1) is 8.60. The first-order valence-electron chi connectivity index (χ1n) is 6.23. The third-order valence-corrected chi connectivity index (χ3v) is 4.43. The van der Waals surface area contributed by atoms with E-state index in [4.69, 9.17) is 16.3 Å². The number of benzene rings is 1. The number of carboxylic acid groups (broad SMARTS) is 1. The van der Waals surface area contributed by atoms with Gasteiger partial charge < -0.3 is 9.84 Å². The Labute approximate surface area is 111 Å². The number of halogens is 1. The monoisotopic (exact) mass is 266 g/mol. The summed E-state index contributed by atoms with van der Waals surface area (Å²) < 4.78 is 5.74. The summed E-state index contributed by atoms with van der Waals surface area (Å²) in [5.41, 5.74) is 0.273. The average Bonchev–Trinajstić information content (AvgIpc) is 2.93. The van der Waals surface area contributed by atoms with E-state index in [2.05, 4.69) is 0 Å².